The highest BCUT2D eigenvalue weighted by molar-refractivity contribution is 5.99. The van der Waals surface area contributed by atoms with E-state index in [9.17, 15) is 14.4 Å². The topological polar surface area (TPSA) is 84.9 Å². The number of esters is 1. The Hall–Kier alpha value is -3.35. The third-order valence-corrected chi connectivity index (χ3v) is 3.91. The number of carbonyl (C=O) groups is 3. The molecule has 0 aromatic heterocycles. The van der Waals surface area contributed by atoms with Gasteiger partial charge in [-0.2, -0.15) is 0 Å². The van der Waals surface area contributed by atoms with Gasteiger partial charge in [0.05, 0.1) is 24.9 Å². The highest BCUT2D eigenvalue weighted by Gasteiger charge is 2.26. The molecule has 2 aromatic carbocycles. The Labute approximate surface area is 150 Å². The number of hydrogen-bond acceptors (Lipinski definition) is 5. The highest BCUT2D eigenvalue weighted by Crippen LogP contribution is 2.35. The molecule has 1 aliphatic rings. The van der Waals surface area contributed by atoms with Crippen LogP contribution in [0.4, 0.5) is 11.4 Å². The molecule has 0 fully saturated rings. The van der Waals surface area contributed by atoms with Crippen molar-refractivity contribution in [3.05, 3.63) is 53.6 Å². The van der Waals surface area contributed by atoms with E-state index in [0.29, 0.717) is 22.7 Å². The number of benzene rings is 2. The van der Waals surface area contributed by atoms with Crippen LogP contribution in [-0.2, 0) is 20.9 Å². The molecular weight excluding hydrogens is 336 g/mol. The number of hydrogen-bond donors (Lipinski definition) is 1. The predicted molar refractivity (Wildman–Crippen MR) is 95.2 cm³/mol. The lowest BCUT2D eigenvalue weighted by Gasteiger charge is -2.30. The van der Waals surface area contributed by atoms with Gasteiger partial charge in [0.15, 0.2) is 6.61 Å². The molecule has 1 heterocycles. The minimum absolute atomic E-state index is 0.0663. The molecule has 0 saturated heterocycles. The summed E-state index contributed by atoms with van der Waals surface area (Å²) in [4.78, 5) is 36.9. The van der Waals surface area contributed by atoms with Crippen LogP contribution in [-0.4, -0.2) is 31.5 Å². The second kappa shape index (κ2) is 7.26. The summed E-state index contributed by atoms with van der Waals surface area (Å²) < 4.78 is 10.2. The standard InChI is InChI=1S/C19H18N2O5/c1-12(22)20-15-6-7-17-16(9-15)21(18(23)11-26-17)10-13-4-3-5-14(8-13)19(24)25-2/h3-9H,10-11H2,1-2H3,(H,20,22). The Morgan fingerprint density at radius 1 is 1.23 bits per heavy atom. The van der Waals surface area contributed by atoms with Crippen LogP contribution in [0.3, 0.4) is 0 Å². The molecule has 0 saturated carbocycles. The van der Waals surface area contributed by atoms with Crippen LogP contribution in [0.5, 0.6) is 5.75 Å². The zero-order chi connectivity index (χ0) is 18.7. The summed E-state index contributed by atoms with van der Waals surface area (Å²) in [5.41, 5.74) is 2.33. The predicted octanol–water partition coefficient (Wildman–Crippen LogP) is 2.36. The SMILES string of the molecule is COC(=O)c1cccc(CN2C(=O)COc3ccc(NC(C)=O)cc32)c1. The molecule has 0 radical (unpaired) electrons. The first-order valence-corrected chi connectivity index (χ1v) is 8.00. The van der Waals surface area contributed by atoms with E-state index < -0.39 is 5.97 Å². The van der Waals surface area contributed by atoms with E-state index >= 15 is 0 Å². The first-order chi connectivity index (χ1) is 12.5. The van der Waals surface area contributed by atoms with Gasteiger partial charge in [-0.15, -0.1) is 0 Å². The molecule has 2 amide bonds. The van der Waals surface area contributed by atoms with Crippen LogP contribution in [0.15, 0.2) is 42.5 Å². The van der Waals surface area contributed by atoms with Gasteiger partial charge in [0.1, 0.15) is 5.75 Å². The van der Waals surface area contributed by atoms with Crippen molar-refractivity contribution in [3.63, 3.8) is 0 Å². The molecule has 134 valence electrons. The molecule has 7 heteroatoms. The fraction of sp³-hybridized carbons (Fsp3) is 0.211. The summed E-state index contributed by atoms with van der Waals surface area (Å²) in [6.45, 7) is 1.61. The summed E-state index contributed by atoms with van der Waals surface area (Å²) in [5, 5.41) is 2.69. The maximum absolute atomic E-state index is 12.4. The summed E-state index contributed by atoms with van der Waals surface area (Å²) in [5.74, 6) is -0.289. The van der Waals surface area contributed by atoms with Crippen molar-refractivity contribution < 1.29 is 23.9 Å². The Kier molecular flexibility index (Phi) is 4.88. The minimum atomic E-state index is -0.437. The number of ether oxygens (including phenoxy) is 2. The van der Waals surface area contributed by atoms with Crippen LogP contribution in [0.1, 0.15) is 22.8 Å². The van der Waals surface area contributed by atoms with E-state index in [1.54, 1.807) is 41.3 Å². The van der Waals surface area contributed by atoms with Gasteiger partial charge in [0.25, 0.3) is 5.91 Å². The van der Waals surface area contributed by atoms with Gasteiger partial charge in [-0.25, -0.2) is 4.79 Å². The summed E-state index contributed by atoms with van der Waals surface area (Å²) >= 11 is 0. The summed E-state index contributed by atoms with van der Waals surface area (Å²) in [6.07, 6.45) is 0. The van der Waals surface area contributed by atoms with Gasteiger partial charge in [-0.1, -0.05) is 12.1 Å². The number of anilines is 2. The zero-order valence-electron chi connectivity index (χ0n) is 14.4. The van der Waals surface area contributed by atoms with E-state index in [1.165, 1.54) is 14.0 Å². The fourth-order valence-electron chi connectivity index (χ4n) is 2.75. The number of amides is 2. The Balaban J connectivity index is 1.92. The van der Waals surface area contributed by atoms with Crippen molar-refractivity contribution in [2.45, 2.75) is 13.5 Å². The van der Waals surface area contributed by atoms with Crippen molar-refractivity contribution in [2.75, 3.05) is 23.9 Å². The van der Waals surface area contributed by atoms with E-state index in [2.05, 4.69) is 5.32 Å². The maximum atomic E-state index is 12.4. The van der Waals surface area contributed by atoms with Gasteiger partial charge in [-0.05, 0) is 35.9 Å². The number of nitrogens with one attached hydrogen (secondary N) is 1. The normalized spacial score (nSPS) is 12.8. The van der Waals surface area contributed by atoms with Gasteiger partial charge in [-0.3, -0.25) is 9.59 Å². The number of methoxy groups -OCH3 is 1. The van der Waals surface area contributed by atoms with E-state index in [0.717, 1.165) is 5.56 Å². The number of rotatable bonds is 4. The van der Waals surface area contributed by atoms with E-state index in [-0.39, 0.29) is 25.0 Å². The third kappa shape index (κ3) is 3.66. The van der Waals surface area contributed by atoms with Crippen molar-refractivity contribution in [1.82, 2.24) is 0 Å². The molecule has 0 bridgehead atoms. The fourth-order valence-corrected chi connectivity index (χ4v) is 2.75. The molecule has 2 aromatic rings. The number of carbonyl (C=O) groups excluding carboxylic acids is 3. The van der Waals surface area contributed by atoms with E-state index in [1.807, 2.05) is 6.07 Å². The largest absolute Gasteiger partial charge is 0.482 e. The maximum Gasteiger partial charge on any atom is 0.337 e. The second-order valence-electron chi connectivity index (χ2n) is 5.82. The smallest absolute Gasteiger partial charge is 0.337 e. The van der Waals surface area contributed by atoms with Crippen molar-refractivity contribution in [2.24, 2.45) is 0 Å². The molecule has 1 aliphatic heterocycles. The van der Waals surface area contributed by atoms with Crippen molar-refractivity contribution in [3.8, 4) is 5.75 Å². The molecule has 1 N–H and O–H groups in total. The molecule has 3 rings (SSSR count). The Morgan fingerprint density at radius 3 is 2.77 bits per heavy atom. The Bertz CT molecular complexity index is 878. The van der Waals surface area contributed by atoms with Crippen LogP contribution < -0.4 is 15.0 Å². The molecular formula is C19H18N2O5. The van der Waals surface area contributed by atoms with Crippen LogP contribution in [0, 0.1) is 0 Å². The van der Waals surface area contributed by atoms with Crippen LogP contribution in [0.2, 0.25) is 0 Å². The second-order valence-corrected chi connectivity index (χ2v) is 5.82. The highest BCUT2D eigenvalue weighted by atomic mass is 16.5. The third-order valence-electron chi connectivity index (χ3n) is 3.91. The first kappa shape index (κ1) is 17.5. The zero-order valence-corrected chi connectivity index (χ0v) is 14.4. The molecule has 26 heavy (non-hydrogen) atoms. The molecule has 0 unspecified atom stereocenters. The van der Waals surface area contributed by atoms with Gasteiger partial charge < -0.3 is 19.7 Å². The monoisotopic (exact) mass is 354 g/mol. The number of fused-ring (bicyclic) bond motifs is 1. The van der Waals surface area contributed by atoms with Crippen LogP contribution in [0.25, 0.3) is 0 Å². The lowest BCUT2D eigenvalue weighted by atomic mass is 10.1. The lowest BCUT2D eigenvalue weighted by molar-refractivity contribution is -0.121. The molecule has 7 nitrogen and oxygen atoms in total. The summed E-state index contributed by atoms with van der Waals surface area (Å²) in [7, 11) is 1.32. The minimum Gasteiger partial charge on any atom is -0.482 e. The van der Waals surface area contributed by atoms with Gasteiger partial charge >= 0.3 is 5.97 Å². The molecule has 0 aliphatic carbocycles. The molecule has 0 spiro atoms. The quantitative estimate of drug-likeness (QED) is 0.852. The van der Waals surface area contributed by atoms with Crippen molar-refractivity contribution >= 4 is 29.2 Å². The van der Waals surface area contributed by atoms with Crippen molar-refractivity contribution in [1.29, 1.82) is 0 Å². The average molecular weight is 354 g/mol. The summed E-state index contributed by atoms with van der Waals surface area (Å²) in [6, 6.07) is 12.0. The van der Waals surface area contributed by atoms with Gasteiger partial charge in [0.2, 0.25) is 5.91 Å². The van der Waals surface area contributed by atoms with Gasteiger partial charge in [0, 0.05) is 12.6 Å². The average Bonchev–Trinajstić information content (AvgIpc) is 2.63. The lowest BCUT2D eigenvalue weighted by Crippen LogP contribution is -2.38. The Morgan fingerprint density at radius 2 is 2.04 bits per heavy atom. The van der Waals surface area contributed by atoms with E-state index in [4.69, 9.17) is 9.47 Å². The molecule has 0 atom stereocenters. The van der Waals surface area contributed by atoms with Crippen LogP contribution >= 0.6 is 0 Å². The first-order valence-electron chi connectivity index (χ1n) is 8.00. The number of nitrogens with zero attached hydrogens (tertiary/aromatic N) is 1.